The number of esters is 1. The van der Waals surface area contributed by atoms with Gasteiger partial charge in [0.1, 0.15) is 11.5 Å². The number of carbonyl (C=O) groups is 3. The number of hydrogen-bond acceptors (Lipinski definition) is 9. The lowest BCUT2D eigenvalue weighted by Crippen LogP contribution is -2.22. The molecule has 5 rings (SSSR count). The highest BCUT2D eigenvalue weighted by Gasteiger charge is 2.39. The quantitative estimate of drug-likeness (QED) is 0.263. The molecule has 10 nitrogen and oxygen atoms in total. The molecule has 2 aliphatic heterocycles. The molecule has 0 fully saturated rings. The number of amides is 1. The molecule has 0 aromatic heterocycles. The summed E-state index contributed by atoms with van der Waals surface area (Å²) in [5.74, 6) is 0.367. The number of Topliss-reactive ketones (excluding diaryl/α,β-unsaturated/α-hetero) is 1. The molecule has 0 saturated heterocycles. The Kier molecular flexibility index (Phi) is 6.84. The Bertz CT molecular complexity index is 1530. The first-order chi connectivity index (χ1) is 18.8. The number of benzene rings is 3. The van der Waals surface area contributed by atoms with Crippen LogP contribution < -0.4 is 34.2 Å². The Morgan fingerprint density at radius 2 is 1.77 bits per heavy atom. The van der Waals surface area contributed by atoms with E-state index < -0.39 is 17.8 Å². The minimum Gasteiger partial charge on any atom is -0.493 e. The first-order valence-electron chi connectivity index (χ1n) is 12.0. The summed E-state index contributed by atoms with van der Waals surface area (Å²) in [6, 6.07) is 13.6. The van der Waals surface area contributed by atoms with Gasteiger partial charge in [-0.15, -0.1) is 0 Å². The maximum Gasteiger partial charge on any atom is 0.312 e. The number of allylic oxidation sites excluding steroid dienone is 1. The van der Waals surface area contributed by atoms with Crippen molar-refractivity contribution in [2.24, 2.45) is 5.73 Å². The zero-order valence-corrected chi connectivity index (χ0v) is 21.4. The summed E-state index contributed by atoms with van der Waals surface area (Å²) >= 11 is 0. The van der Waals surface area contributed by atoms with E-state index in [1.54, 1.807) is 54.6 Å². The van der Waals surface area contributed by atoms with Gasteiger partial charge in [-0.1, -0.05) is 18.2 Å². The molecule has 1 atom stereocenters. The fourth-order valence-electron chi connectivity index (χ4n) is 4.73. The fourth-order valence-corrected chi connectivity index (χ4v) is 4.73. The van der Waals surface area contributed by atoms with Gasteiger partial charge in [0.25, 0.3) is 5.91 Å². The largest absolute Gasteiger partial charge is 0.493 e. The third-order valence-corrected chi connectivity index (χ3v) is 6.46. The maximum absolute atomic E-state index is 13.4. The van der Waals surface area contributed by atoms with Crippen molar-refractivity contribution >= 4 is 23.7 Å². The van der Waals surface area contributed by atoms with Crippen LogP contribution in [-0.2, 0) is 9.59 Å². The van der Waals surface area contributed by atoms with Crippen LogP contribution in [0.1, 0.15) is 39.4 Å². The molecular weight excluding hydrogens is 506 g/mol. The number of hydrogen-bond donors (Lipinski definition) is 1. The summed E-state index contributed by atoms with van der Waals surface area (Å²) in [6.45, 7) is -0.349. The van der Waals surface area contributed by atoms with Crippen molar-refractivity contribution in [3.8, 4) is 34.5 Å². The molecule has 2 aliphatic rings. The SMILES string of the molecule is COc1ccc(C2CC(=O)Oc3ccc4c(c32)OC(=Cc2cccc(OC)c2OC)C4=O)cc1OCC(N)=O. The van der Waals surface area contributed by atoms with Gasteiger partial charge in [0.15, 0.2) is 35.4 Å². The van der Waals surface area contributed by atoms with Gasteiger partial charge < -0.3 is 34.2 Å². The minimum absolute atomic E-state index is 0.00858. The summed E-state index contributed by atoms with van der Waals surface area (Å²) in [4.78, 5) is 37.2. The van der Waals surface area contributed by atoms with Gasteiger partial charge in [0, 0.05) is 17.0 Å². The van der Waals surface area contributed by atoms with Crippen LogP contribution in [0.5, 0.6) is 34.5 Å². The van der Waals surface area contributed by atoms with Crippen LogP contribution in [0.4, 0.5) is 0 Å². The Morgan fingerprint density at radius 1 is 0.974 bits per heavy atom. The van der Waals surface area contributed by atoms with Crippen molar-refractivity contribution in [3.05, 3.63) is 76.5 Å². The molecule has 3 aromatic rings. The Hall–Kier alpha value is -4.99. The van der Waals surface area contributed by atoms with Crippen molar-refractivity contribution in [2.45, 2.75) is 12.3 Å². The van der Waals surface area contributed by atoms with Gasteiger partial charge in [-0.3, -0.25) is 14.4 Å². The molecule has 10 heteroatoms. The van der Waals surface area contributed by atoms with E-state index in [9.17, 15) is 14.4 Å². The van der Waals surface area contributed by atoms with Gasteiger partial charge in [-0.2, -0.15) is 0 Å². The molecule has 39 heavy (non-hydrogen) atoms. The topological polar surface area (TPSA) is 133 Å². The van der Waals surface area contributed by atoms with E-state index in [0.717, 1.165) is 0 Å². The smallest absolute Gasteiger partial charge is 0.312 e. The number of ether oxygens (including phenoxy) is 6. The summed E-state index contributed by atoms with van der Waals surface area (Å²) in [5.41, 5.74) is 7.39. The number of methoxy groups -OCH3 is 3. The number of fused-ring (bicyclic) bond motifs is 3. The standard InChI is InChI=1S/C29H25NO9/c1-34-19-9-7-15(11-22(19)37-14-24(30)31)18-13-25(32)38-20-10-8-17-27(33)23(39-29(17)26(18)20)12-16-5-4-6-21(35-2)28(16)36-3/h4-12,18H,13-14H2,1-3H3,(H2,30,31). The lowest BCUT2D eigenvalue weighted by Gasteiger charge is -2.26. The number of para-hydroxylation sites is 1. The Balaban J connectivity index is 1.58. The van der Waals surface area contributed by atoms with Crippen molar-refractivity contribution in [1.29, 1.82) is 0 Å². The molecule has 3 aromatic carbocycles. The highest BCUT2D eigenvalue weighted by atomic mass is 16.5. The first-order valence-corrected chi connectivity index (χ1v) is 12.0. The van der Waals surface area contributed by atoms with Crippen LogP contribution in [0.3, 0.4) is 0 Å². The monoisotopic (exact) mass is 531 g/mol. The van der Waals surface area contributed by atoms with Gasteiger partial charge in [0.05, 0.1) is 33.3 Å². The number of nitrogens with two attached hydrogens (primary N) is 1. The molecule has 0 radical (unpaired) electrons. The van der Waals surface area contributed by atoms with Crippen LogP contribution in [0, 0.1) is 0 Å². The third kappa shape index (κ3) is 4.72. The molecular formula is C29H25NO9. The highest BCUT2D eigenvalue weighted by Crippen LogP contribution is 2.50. The van der Waals surface area contributed by atoms with Crippen LogP contribution in [0.2, 0.25) is 0 Å². The lowest BCUT2D eigenvalue weighted by molar-refractivity contribution is -0.135. The number of ketones is 1. The zero-order chi connectivity index (χ0) is 27.7. The average Bonchev–Trinajstić information content (AvgIpc) is 3.25. The Labute approximate surface area is 223 Å². The predicted molar refractivity (Wildman–Crippen MR) is 139 cm³/mol. The van der Waals surface area contributed by atoms with E-state index in [1.165, 1.54) is 21.3 Å². The third-order valence-electron chi connectivity index (χ3n) is 6.46. The van der Waals surface area contributed by atoms with Crippen LogP contribution in [0.25, 0.3) is 6.08 Å². The maximum atomic E-state index is 13.4. The van der Waals surface area contributed by atoms with Crippen molar-refractivity contribution in [2.75, 3.05) is 27.9 Å². The molecule has 2 N–H and O–H groups in total. The van der Waals surface area contributed by atoms with Crippen molar-refractivity contribution in [3.63, 3.8) is 0 Å². The number of primary amides is 1. The van der Waals surface area contributed by atoms with Crippen molar-refractivity contribution < 1.29 is 42.8 Å². The Morgan fingerprint density at radius 3 is 2.49 bits per heavy atom. The van der Waals surface area contributed by atoms with E-state index >= 15 is 0 Å². The summed E-state index contributed by atoms with van der Waals surface area (Å²) in [7, 11) is 4.51. The van der Waals surface area contributed by atoms with Gasteiger partial charge in [0.2, 0.25) is 5.78 Å². The molecule has 1 unspecified atom stereocenters. The second kappa shape index (κ2) is 10.4. The fraction of sp³-hybridized carbons (Fsp3) is 0.207. The summed E-state index contributed by atoms with van der Waals surface area (Å²) in [5, 5.41) is 0. The summed E-state index contributed by atoms with van der Waals surface area (Å²) < 4.78 is 33.4. The van der Waals surface area contributed by atoms with E-state index in [-0.39, 0.29) is 30.3 Å². The number of rotatable bonds is 8. The van der Waals surface area contributed by atoms with E-state index in [0.29, 0.717) is 51.0 Å². The lowest BCUT2D eigenvalue weighted by atomic mass is 9.84. The molecule has 0 bridgehead atoms. The normalized spacial score (nSPS) is 16.6. The molecule has 0 saturated carbocycles. The summed E-state index contributed by atoms with van der Waals surface area (Å²) in [6.07, 6.45) is 1.58. The molecule has 2 heterocycles. The van der Waals surface area contributed by atoms with E-state index in [1.807, 2.05) is 0 Å². The van der Waals surface area contributed by atoms with E-state index in [4.69, 9.17) is 34.2 Å². The second-order valence-corrected chi connectivity index (χ2v) is 8.77. The van der Waals surface area contributed by atoms with Gasteiger partial charge in [-0.05, 0) is 42.0 Å². The van der Waals surface area contributed by atoms with Crippen LogP contribution in [-0.4, -0.2) is 45.6 Å². The second-order valence-electron chi connectivity index (χ2n) is 8.77. The predicted octanol–water partition coefficient (Wildman–Crippen LogP) is 3.63. The molecule has 200 valence electrons. The van der Waals surface area contributed by atoms with Crippen LogP contribution in [0.15, 0.2) is 54.3 Å². The average molecular weight is 532 g/mol. The highest BCUT2D eigenvalue weighted by molar-refractivity contribution is 6.15. The van der Waals surface area contributed by atoms with E-state index in [2.05, 4.69) is 0 Å². The molecule has 0 spiro atoms. The zero-order valence-electron chi connectivity index (χ0n) is 21.4. The minimum atomic E-state index is -0.647. The van der Waals surface area contributed by atoms with Gasteiger partial charge >= 0.3 is 5.97 Å². The van der Waals surface area contributed by atoms with Crippen LogP contribution >= 0.6 is 0 Å². The number of carbonyl (C=O) groups excluding carboxylic acids is 3. The molecule has 1 amide bonds. The first kappa shape index (κ1) is 25.7. The molecule has 0 aliphatic carbocycles. The van der Waals surface area contributed by atoms with Crippen molar-refractivity contribution in [1.82, 2.24) is 0 Å². The van der Waals surface area contributed by atoms with Gasteiger partial charge in [-0.25, -0.2) is 0 Å².